The molecular weight excluding hydrogens is 885 g/mol. The highest BCUT2D eigenvalue weighted by molar-refractivity contribution is 8.74. The van der Waals surface area contributed by atoms with Crippen LogP contribution in [0.2, 0.25) is 0 Å². The molecule has 0 fully saturated rings. The smallest absolute Gasteiger partial charge is 0.0596 e. The molecule has 366 valence electrons. The first-order valence-electron chi connectivity index (χ1n) is 26.2. The predicted molar refractivity (Wildman–Crippen MR) is 313 cm³/mol. The van der Waals surface area contributed by atoms with E-state index in [-0.39, 0.29) is 0 Å². The minimum Gasteiger partial charge on any atom is -0.321 e. The molecule has 0 bridgehead atoms. The van der Waals surface area contributed by atoms with Gasteiger partial charge in [0.15, 0.2) is 0 Å². The Labute approximate surface area is 432 Å². The van der Waals surface area contributed by atoms with Gasteiger partial charge in [0.2, 0.25) is 0 Å². The van der Waals surface area contributed by atoms with E-state index in [4.69, 9.17) is 0 Å². The topological polar surface area (TPSA) is 20.2 Å². The Bertz CT molecular complexity index is 2480. The Morgan fingerprint density at radius 1 is 0.300 bits per heavy atom. The van der Waals surface area contributed by atoms with Crippen molar-refractivity contribution in [1.29, 1.82) is 0 Å². The first-order chi connectivity index (χ1) is 33.3. The van der Waals surface area contributed by atoms with Crippen molar-refractivity contribution in [2.24, 2.45) is 0 Å². The monoisotopic (exact) mass is 965 g/mol. The second-order valence-electron chi connectivity index (χ2n) is 22.2. The summed E-state index contributed by atoms with van der Waals surface area (Å²) in [4.78, 5) is 0. The van der Waals surface area contributed by atoms with Crippen LogP contribution in [0.1, 0.15) is 208 Å². The lowest BCUT2D eigenvalue weighted by Crippen LogP contribution is -2.03. The summed E-state index contributed by atoms with van der Waals surface area (Å²) in [5.41, 5.74) is 27.5. The van der Waals surface area contributed by atoms with E-state index in [0.717, 1.165) is 11.1 Å². The molecule has 7 rings (SSSR count). The van der Waals surface area contributed by atoms with Crippen molar-refractivity contribution in [3.8, 4) is 66.8 Å². The lowest BCUT2D eigenvalue weighted by molar-refractivity contribution is 0.676. The van der Waals surface area contributed by atoms with Gasteiger partial charge in [0, 0.05) is 5.75 Å². The van der Waals surface area contributed by atoms with E-state index < -0.39 is 0 Å². The van der Waals surface area contributed by atoms with Crippen LogP contribution in [0.15, 0.2) is 127 Å². The summed E-state index contributed by atoms with van der Waals surface area (Å²) in [5.74, 6) is 3.43. The van der Waals surface area contributed by atoms with E-state index in [9.17, 15) is 4.55 Å². The van der Waals surface area contributed by atoms with Crippen LogP contribution < -0.4 is 0 Å². The number of hydrogen-bond acceptors (Lipinski definition) is 3. The van der Waals surface area contributed by atoms with E-state index in [2.05, 4.69) is 238 Å². The third-order valence-corrected chi connectivity index (χ3v) is 15.7. The first kappa shape index (κ1) is 53.0. The summed E-state index contributed by atoms with van der Waals surface area (Å²) in [7, 11) is 1.50. The van der Waals surface area contributed by atoms with Gasteiger partial charge in [-0.25, -0.2) is 0 Å². The van der Waals surface area contributed by atoms with Gasteiger partial charge in [-0.3, -0.25) is 0 Å². The first-order valence-corrected chi connectivity index (χ1v) is 28.5. The number of rotatable bonds is 17. The van der Waals surface area contributed by atoms with Gasteiger partial charge in [0.1, 0.15) is 0 Å². The van der Waals surface area contributed by atoms with Gasteiger partial charge in [0.05, 0.1) is 11.1 Å². The van der Waals surface area contributed by atoms with E-state index in [1.54, 1.807) is 0 Å². The summed E-state index contributed by atoms with van der Waals surface area (Å²) < 4.78 is 10.6. The van der Waals surface area contributed by atoms with E-state index in [1.807, 2.05) is 0 Å². The Morgan fingerprint density at radius 3 is 0.700 bits per heavy atom. The van der Waals surface area contributed by atoms with Crippen LogP contribution in [0.4, 0.5) is 0 Å². The maximum Gasteiger partial charge on any atom is 0.0596 e. The lowest BCUT2D eigenvalue weighted by atomic mass is 9.79. The highest BCUT2D eigenvalue weighted by Crippen LogP contribution is 2.48. The van der Waals surface area contributed by atoms with Crippen molar-refractivity contribution in [2.45, 2.75) is 164 Å². The molecule has 7 aromatic carbocycles. The zero-order valence-corrected chi connectivity index (χ0v) is 46.8. The molecule has 0 spiro atoms. The molecule has 1 N–H and O–H groups in total. The fraction of sp³-hybridized carbons (Fsp3) is 0.373. The highest BCUT2D eigenvalue weighted by Gasteiger charge is 2.25. The van der Waals surface area contributed by atoms with Crippen molar-refractivity contribution in [3.63, 3.8) is 0 Å². The maximum absolute atomic E-state index is 10.6. The molecule has 0 amide bonds. The minimum atomic E-state index is 0.349. The summed E-state index contributed by atoms with van der Waals surface area (Å²) >= 11 is 0.862. The Morgan fingerprint density at radius 2 is 0.500 bits per heavy atom. The molecular formula is C67H80OS2. The average molecular weight is 966 g/mol. The van der Waals surface area contributed by atoms with Gasteiger partial charge in [-0.15, -0.1) is 0 Å². The molecule has 0 atom stereocenters. The molecule has 0 unspecified atom stereocenters. The zero-order valence-electron chi connectivity index (χ0n) is 45.2. The summed E-state index contributed by atoms with van der Waals surface area (Å²) in [6.07, 6.45) is 0. The molecule has 0 aliphatic heterocycles. The van der Waals surface area contributed by atoms with Crippen molar-refractivity contribution >= 4 is 21.9 Å². The predicted octanol–water partition coefficient (Wildman–Crippen LogP) is 22.0. The fourth-order valence-electron chi connectivity index (χ4n) is 11.0. The largest absolute Gasteiger partial charge is 0.321 e. The van der Waals surface area contributed by atoms with Gasteiger partial charge in [0.25, 0.3) is 0 Å². The van der Waals surface area contributed by atoms with Crippen LogP contribution in [0.25, 0.3) is 66.8 Å². The molecule has 0 aliphatic carbocycles. The van der Waals surface area contributed by atoms with Crippen LogP contribution in [-0.4, -0.2) is 4.55 Å². The van der Waals surface area contributed by atoms with Gasteiger partial charge >= 0.3 is 0 Å². The van der Waals surface area contributed by atoms with E-state index >= 15 is 0 Å². The van der Waals surface area contributed by atoms with Crippen LogP contribution in [0.5, 0.6) is 0 Å². The molecule has 70 heavy (non-hydrogen) atoms. The normalized spacial score (nSPS) is 12.1. The lowest BCUT2D eigenvalue weighted by Gasteiger charge is -2.25. The Hall–Kier alpha value is -4.80. The van der Waals surface area contributed by atoms with Crippen LogP contribution in [0.3, 0.4) is 0 Å². The van der Waals surface area contributed by atoms with Crippen molar-refractivity contribution < 1.29 is 4.55 Å². The summed E-state index contributed by atoms with van der Waals surface area (Å²) in [5, 5.41) is 0. The standard InChI is InChI=1S/C67H80OS2/c1-39(2)53-22-17-23-54(40(3)4)64(53)49-32-47(33-50(36-49)65-55(41(5)6)24-18-25-56(65)42(7)8)61-30-21-31-62(63(61)38-69-70-68)48-34-51(66-57(43(9)10)26-19-27-58(66)44(11)12)37-52(35-48)67-59(45(13)14)28-20-29-60(67)46(15)16/h17-37,39-46,68H,38H2,1-16H3. The third kappa shape index (κ3) is 11.0. The quantitative estimate of drug-likeness (QED) is 0.0725. The second kappa shape index (κ2) is 22.7. The average Bonchev–Trinajstić information content (AvgIpc) is 3.33. The SMILES string of the molecule is CC(C)c1cccc(C(C)C)c1-c1cc(-c2cccc(-c3cc(-c4c(C(C)C)cccc4C(C)C)cc(-c4c(C(C)C)cccc4C(C)C)c3)c2CSSO)cc(-c2c(C(C)C)cccc2C(C)C)c1. The molecule has 3 heteroatoms. The maximum atomic E-state index is 10.6. The summed E-state index contributed by atoms with van der Waals surface area (Å²) in [6.45, 7) is 37.3. The molecule has 0 heterocycles. The Balaban J connectivity index is 1.64. The highest BCUT2D eigenvalue weighted by atomic mass is 33.1. The van der Waals surface area contributed by atoms with Crippen molar-refractivity contribution in [3.05, 3.63) is 177 Å². The second-order valence-corrected chi connectivity index (χ2v) is 24.1. The van der Waals surface area contributed by atoms with Crippen LogP contribution >= 0.6 is 21.9 Å². The zero-order chi connectivity index (χ0) is 50.7. The van der Waals surface area contributed by atoms with Gasteiger partial charge in [-0.2, -0.15) is 0 Å². The van der Waals surface area contributed by atoms with Crippen molar-refractivity contribution in [1.82, 2.24) is 0 Å². The van der Waals surface area contributed by atoms with Gasteiger partial charge < -0.3 is 4.55 Å². The number of hydrogen-bond donors (Lipinski definition) is 1. The molecule has 7 aromatic rings. The molecule has 0 radical (unpaired) electrons. The van der Waals surface area contributed by atoms with E-state index in [1.165, 1.54) is 128 Å². The van der Waals surface area contributed by atoms with Gasteiger partial charge in [-0.05, 0) is 201 Å². The molecule has 1 nitrogen and oxygen atoms in total. The Kier molecular flexibility index (Phi) is 17.2. The van der Waals surface area contributed by atoms with Crippen LogP contribution in [-0.2, 0) is 5.75 Å². The molecule has 0 saturated carbocycles. The van der Waals surface area contributed by atoms with E-state index in [0.29, 0.717) is 53.1 Å². The fourth-order valence-corrected chi connectivity index (χ4v) is 12.0. The molecule has 0 saturated heterocycles. The number of benzene rings is 7. The van der Waals surface area contributed by atoms with Crippen LogP contribution in [0, 0.1) is 0 Å². The van der Waals surface area contributed by atoms with Gasteiger partial charge in [-0.1, -0.05) is 213 Å². The third-order valence-electron chi connectivity index (χ3n) is 14.6. The molecule has 0 aliphatic rings. The minimum absolute atomic E-state index is 0.349. The summed E-state index contributed by atoms with van der Waals surface area (Å²) in [6, 6.07) is 49.6. The van der Waals surface area contributed by atoms with Crippen molar-refractivity contribution in [2.75, 3.05) is 0 Å². The molecule has 0 aromatic heterocycles.